The molecule has 2 rings (SSSR count). The van der Waals surface area contributed by atoms with Gasteiger partial charge in [0.05, 0.1) is 0 Å². The zero-order chi connectivity index (χ0) is 12.4. The zero-order valence-electron chi connectivity index (χ0n) is 9.66. The summed E-state index contributed by atoms with van der Waals surface area (Å²) in [6, 6.07) is 0. The molecule has 7 heteroatoms. The molecule has 0 aliphatic rings. The summed E-state index contributed by atoms with van der Waals surface area (Å²) in [6.45, 7) is 2.67. The van der Waals surface area contributed by atoms with Crippen molar-refractivity contribution in [1.82, 2.24) is 19.9 Å². The molecule has 7 nitrogen and oxygen atoms in total. The summed E-state index contributed by atoms with van der Waals surface area (Å²) < 4.78 is 0. The molecule has 0 bridgehead atoms. The second-order valence-electron chi connectivity index (χ2n) is 4.05. The van der Waals surface area contributed by atoms with Crippen LogP contribution in [0.25, 0.3) is 11.2 Å². The molecule has 0 amide bonds. The first kappa shape index (κ1) is 11.6. The van der Waals surface area contributed by atoms with E-state index in [0.29, 0.717) is 30.0 Å². The van der Waals surface area contributed by atoms with Gasteiger partial charge in [0.1, 0.15) is 5.82 Å². The molecule has 0 aliphatic heterocycles. The normalized spacial score (nSPS) is 13.1. The minimum atomic E-state index is -0.299. The second-order valence-corrected chi connectivity index (χ2v) is 4.05. The molecule has 2 aromatic heterocycles. The van der Waals surface area contributed by atoms with Crippen molar-refractivity contribution >= 4 is 17.1 Å². The van der Waals surface area contributed by atoms with Crippen molar-refractivity contribution in [3.8, 4) is 0 Å². The lowest BCUT2D eigenvalue weighted by atomic mass is 10.0. The van der Waals surface area contributed by atoms with Gasteiger partial charge in [-0.15, -0.1) is 0 Å². The Morgan fingerprint density at radius 1 is 1.35 bits per heavy atom. The van der Waals surface area contributed by atoms with Crippen LogP contribution in [0.4, 0.5) is 5.95 Å². The molecule has 6 N–H and O–H groups in total. The maximum Gasteiger partial charge on any atom is 0.278 e. The topological polar surface area (TPSA) is 126 Å². The van der Waals surface area contributed by atoms with Gasteiger partial charge in [0.15, 0.2) is 11.2 Å². The number of nitrogens with two attached hydrogens (primary N) is 2. The van der Waals surface area contributed by atoms with Gasteiger partial charge in [0.25, 0.3) is 5.56 Å². The van der Waals surface area contributed by atoms with Crippen LogP contribution in [-0.2, 0) is 6.42 Å². The van der Waals surface area contributed by atoms with E-state index in [4.69, 9.17) is 11.5 Å². The lowest BCUT2D eigenvalue weighted by molar-refractivity contribution is 0.508. The fourth-order valence-corrected chi connectivity index (χ4v) is 1.74. The maximum atomic E-state index is 11.6. The summed E-state index contributed by atoms with van der Waals surface area (Å²) in [5.41, 5.74) is 11.5. The monoisotopic (exact) mass is 236 g/mol. The maximum absolute atomic E-state index is 11.6. The highest BCUT2D eigenvalue weighted by atomic mass is 16.1. The predicted molar refractivity (Wildman–Crippen MR) is 65.5 cm³/mol. The van der Waals surface area contributed by atoms with Crippen LogP contribution < -0.4 is 17.0 Å². The fourth-order valence-electron chi connectivity index (χ4n) is 1.74. The largest absolute Gasteiger partial charge is 0.369 e. The molecule has 92 valence electrons. The number of nitrogens with one attached hydrogen (secondary N) is 2. The van der Waals surface area contributed by atoms with Crippen molar-refractivity contribution in [2.45, 2.75) is 19.8 Å². The summed E-state index contributed by atoms with van der Waals surface area (Å²) in [6.07, 6.45) is 1.68. The fraction of sp³-hybridized carbons (Fsp3) is 0.500. The lowest BCUT2D eigenvalue weighted by Crippen LogP contribution is -2.16. The summed E-state index contributed by atoms with van der Waals surface area (Å²) in [7, 11) is 0. The molecule has 0 saturated carbocycles. The first-order chi connectivity index (χ1) is 8.13. The second kappa shape index (κ2) is 4.54. The van der Waals surface area contributed by atoms with Crippen LogP contribution in [-0.4, -0.2) is 26.5 Å². The number of aromatic amines is 2. The third-order valence-electron chi connectivity index (χ3n) is 2.82. The summed E-state index contributed by atoms with van der Waals surface area (Å²) in [5, 5.41) is 0. The smallest absolute Gasteiger partial charge is 0.278 e. The van der Waals surface area contributed by atoms with Crippen LogP contribution in [0.2, 0.25) is 0 Å². The van der Waals surface area contributed by atoms with Crippen LogP contribution >= 0.6 is 0 Å². The Morgan fingerprint density at radius 3 is 2.76 bits per heavy atom. The first-order valence-corrected chi connectivity index (χ1v) is 5.58. The number of fused-ring (bicyclic) bond motifs is 1. The standard InChI is InChI=1S/C10H16N6O/c1-2-5(4-11)3-6-13-7-8(14-6)15-10(12)16-9(7)17/h5H,2-4,11H2,1H3,(H4,12,13,14,15,16,17). The van der Waals surface area contributed by atoms with Gasteiger partial charge in [-0.3, -0.25) is 9.78 Å². The van der Waals surface area contributed by atoms with E-state index in [0.717, 1.165) is 12.2 Å². The van der Waals surface area contributed by atoms with Crippen molar-refractivity contribution in [2.24, 2.45) is 11.7 Å². The van der Waals surface area contributed by atoms with Crippen molar-refractivity contribution in [3.05, 3.63) is 16.2 Å². The molecule has 1 unspecified atom stereocenters. The third-order valence-corrected chi connectivity index (χ3v) is 2.82. The Labute approximate surface area is 97.6 Å². The SMILES string of the molecule is CCC(CN)Cc1nc2nc(N)[nH]c(=O)c2[nH]1. The molecule has 2 heterocycles. The van der Waals surface area contributed by atoms with E-state index in [1.165, 1.54) is 0 Å². The third kappa shape index (κ3) is 2.28. The van der Waals surface area contributed by atoms with Crippen LogP contribution in [0, 0.1) is 5.92 Å². The Bertz CT molecular complexity index is 568. The molecule has 0 spiro atoms. The van der Waals surface area contributed by atoms with E-state index < -0.39 is 0 Å². The number of H-pyrrole nitrogens is 2. The average molecular weight is 236 g/mol. The highest BCUT2D eigenvalue weighted by molar-refractivity contribution is 5.70. The van der Waals surface area contributed by atoms with E-state index >= 15 is 0 Å². The molecule has 0 radical (unpaired) electrons. The number of rotatable bonds is 4. The minimum Gasteiger partial charge on any atom is -0.369 e. The van der Waals surface area contributed by atoms with Crippen molar-refractivity contribution < 1.29 is 0 Å². The van der Waals surface area contributed by atoms with Gasteiger partial charge in [-0.1, -0.05) is 13.3 Å². The van der Waals surface area contributed by atoms with Crippen molar-refractivity contribution in [3.63, 3.8) is 0 Å². The van der Waals surface area contributed by atoms with Crippen molar-refractivity contribution in [2.75, 3.05) is 12.3 Å². The summed E-state index contributed by atoms with van der Waals surface area (Å²) in [5.74, 6) is 1.15. The van der Waals surface area contributed by atoms with Crippen LogP contribution in [0.15, 0.2) is 4.79 Å². The summed E-state index contributed by atoms with van der Waals surface area (Å²) >= 11 is 0. The lowest BCUT2D eigenvalue weighted by Gasteiger charge is -2.08. The van der Waals surface area contributed by atoms with Gasteiger partial charge in [-0.25, -0.2) is 4.98 Å². The van der Waals surface area contributed by atoms with E-state index in [-0.39, 0.29) is 11.5 Å². The van der Waals surface area contributed by atoms with Gasteiger partial charge in [-0.05, 0) is 12.5 Å². The van der Waals surface area contributed by atoms with Gasteiger partial charge < -0.3 is 16.5 Å². The van der Waals surface area contributed by atoms with Crippen LogP contribution in [0.3, 0.4) is 0 Å². The average Bonchev–Trinajstić information content (AvgIpc) is 2.68. The van der Waals surface area contributed by atoms with E-state index in [2.05, 4.69) is 26.9 Å². The Hall–Kier alpha value is -1.89. The highest BCUT2D eigenvalue weighted by Crippen LogP contribution is 2.11. The Morgan fingerprint density at radius 2 is 2.12 bits per heavy atom. The van der Waals surface area contributed by atoms with E-state index in [9.17, 15) is 4.79 Å². The van der Waals surface area contributed by atoms with Gasteiger partial charge >= 0.3 is 0 Å². The quantitative estimate of drug-likeness (QED) is 0.582. The van der Waals surface area contributed by atoms with Gasteiger partial charge in [0, 0.05) is 6.42 Å². The number of imidazole rings is 1. The number of anilines is 1. The Kier molecular flexibility index (Phi) is 3.10. The molecular formula is C10H16N6O. The Balaban J connectivity index is 2.38. The minimum absolute atomic E-state index is 0.0754. The number of aromatic nitrogens is 4. The summed E-state index contributed by atoms with van der Waals surface area (Å²) in [4.78, 5) is 25.2. The molecule has 0 saturated heterocycles. The molecular weight excluding hydrogens is 220 g/mol. The predicted octanol–water partition coefficient (Wildman–Crippen LogP) is -0.244. The number of nitrogen functional groups attached to an aromatic ring is 1. The van der Waals surface area contributed by atoms with Crippen LogP contribution in [0.5, 0.6) is 0 Å². The van der Waals surface area contributed by atoms with Gasteiger partial charge in [0.2, 0.25) is 5.95 Å². The van der Waals surface area contributed by atoms with Crippen LogP contribution in [0.1, 0.15) is 19.2 Å². The molecule has 0 fully saturated rings. The number of nitrogens with zero attached hydrogens (tertiary/aromatic N) is 2. The van der Waals surface area contributed by atoms with Crippen molar-refractivity contribution in [1.29, 1.82) is 0 Å². The molecule has 1 atom stereocenters. The molecule has 0 aromatic carbocycles. The molecule has 2 aromatic rings. The first-order valence-electron chi connectivity index (χ1n) is 5.58. The van der Waals surface area contributed by atoms with E-state index in [1.54, 1.807) is 0 Å². The number of hydrogen-bond donors (Lipinski definition) is 4. The molecule has 0 aliphatic carbocycles. The van der Waals surface area contributed by atoms with Gasteiger partial charge in [-0.2, -0.15) is 4.98 Å². The highest BCUT2D eigenvalue weighted by Gasteiger charge is 2.12. The van der Waals surface area contributed by atoms with E-state index in [1.807, 2.05) is 0 Å². The zero-order valence-corrected chi connectivity index (χ0v) is 9.66. The number of hydrogen-bond acceptors (Lipinski definition) is 5. The molecule has 17 heavy (non-hydrogen) atoms.